The van der Waals surface area contributed by atoms with E-state index in [-0.39, 0.29) is 25.1 Å². The van der Waals surface area contributed by atoms with Crippen molar-refractivity contribution in [3.8, 4) is 23.0 Å². The number of carbonyl (C=O) groups excluding carboxylic acids is 1. The second-order valence-corrected chi connectivity index (χ2v) is 8.58. The number of ether oxygens (including phenoxy) is 4. The normalized spacial score (nSPS) is 12.3. The van der Waals surface area contributed by atoms with Crippen LogP contribution in [0.15, 0.2) is 36.4 Å². The van der Waals surface area contributed by atoms with Gasteiger partial charge in [0.15, 0.2) is 16.6 Å². The Balaban J connectivity index is 0.00000342. The van der Waals surface area contributed by atoms with Gasteiger partial charge in [-0.2, -0.15) is 0 Å². The van der Waals surface area contributed by atoms with Gasteiger partial charge in [0.05, 0.1) is 14.2 Å². The van der Waals surface area contributed by atoms with Crippen LogP contribution in [0.4, 0.5) is 5.13 Å². The van der Waals surface area contributed by atoms with E-state index in [2.05, 4.69) is 18.7 Å². The molecular formula is C25H30ClN3O5S. The maximum atomic E-state index is 13.4. The molecule has 0 atom stereocenters. The SMILES string of the molecule is CCN(CC)CCN(C(=O)C=Cc1ccc2c(c1)OCO2)c1nc2c(OC)ccc(OC)c2s1.Cl. The van der Waals surface area contributed by atoms with Crippen LogP contribution in [0.2, 0.25) is 0 Å². The molecule has 0 spiro atoms. The number of aromatic nitrogens is 1. The molecule has 0 unspecified atom stereocenters. The smallest absolute Gasteiger partial charge is 0.252 e. The molecule has 0 fully saturated rings. The van der Waals surface area contributed by atoms with E-state index in [0.717, 1.165) is 29.9 Å². The van der Waals surface area contributed by atoms with E-state index in [1.54, 1.807) is 31.3 Å². The molecule has 1 amide bonds. The highest BCUT2D eigenvalue weighted by molar-refractivity contribution is 7.22. The number of thiazole rings is 1. The number of amides is 1. The van der Waals surface area contributed by atoms with Crippen molar-refractivity contribution in [2.75, 3.05) is 52.1 Å². The van der Waals surface area contributed by atoms with Gasteiger partial charge in [-0.1, -0.05) is 31.3 Å². The minimum atomic E-state index is -0.151. The summed E-state index contributed by atoms with van der Waals surface area (Å²) in [6.45, 7) is 7.51. The lowest BCUT2D eigenvalue weighted by Gasteiger charge is -2.23. The minimum absolute atomic E-state index is 0. The van der Waals surface area contributed by atoms with Crippen LogP contribution in [0.25, 0.3) is 16.3 Å². The first-order valence-electron chi connectivity index (χ1n) is 11.2. The van der Waals surface area contributed by atoms with Crippen molar-refractivity contribution in [3.05, 3.63) is 42.0 Å². The average Bonchev–Trinajstić information content (AvgIpc) is 3.51. The number of carbonyl (C=O) groups is 1. The summed E-state index contributed by atoms with van der Waals surface area (Å²) in [6.07, 6.45) is 3.35. The van der Waals surface area contributed by atoms with E-state index in [0.29, 0.717) is 40.2 Å². The quantitative estimate of drug-likeness (QED) is 0.354. The summed E-state index contributed by atoms with van der Waals surface area (Å²) in [7, 11) is 3.23. The Morgan fingerprint density at radius 3 is 2.49 bits per heavy atom. The minimum Gasteiger partial charge on any atom is -0.495 e. The largest absolute Gasteiger partial charge is 0.495 e. The van der Waals surface area contributed by atoms with Crippen molar-refractivity contribution in [3.63, 3.8) is 0 Å². The van der Waals surface area contributed by atoms with Gasteiger partial charge in [0.25, 0.3) is 5.91 Å². The summed E-state index contributed by atoms with van der Waals surface area (Å²) >= 11 is 1.42. The Morgan fingerprint density at radius 2 is 1.77 bits per heavy atom. The molecule has 4 rings (SSSR count). The molecule has 3 aromatic rings. The Hall–Kier alpha value is -3.01. The topological polar surface area (TPSA) is 73.4 Å². The molecule has 188 valence electrons. The monoisotopic (exact) mass is 519 g/mol. The van der Waals surface area contributed by atoms with Crippen molar-refractivity contribution in [1.82, 2.24) is 9.88 Å². The molecule has 0 bridgehead atoms. The first kappa shape index (κ1) is 26.6. The zero-order chi connectivity index (χ0) is 24.1. The molecule has 2 heterocycles. The van der Waals surface area contributed by atoms with Crippen LogP contribution in [0, 0.1) is 0 Å². The molecule has 0 N–H and O–H groups in total. The maximum absolute atomic E-state index is 13.4. The van der Waals surface area contributed by atoms with Crippen molar-refractivity contribution >= 4 is 51.1 Å². The zero-order valence-electron chi connectivity index (χ0n) is 20.3. The van der Waals surface area contributed by atoms with Gasteiger partial charge in [0.2, 0.25) is 6.79 Å². The van der Waals surface area contributed by atoms with E-state index in [1.807, 2.05) is 30.3 Å². The number of hydrogen-bond donors (Lipinski definition) is 0. The van der Waals surface area contributed by atoms with Crippen LogP contribution >= 0.6 is 23.7 Å². The van der Waals surface area contributed by atoms with Gasteiger partial charge in [0, 0.05) is 19.2 Å². The lowest BCUT2D eigenvalue weighted by molar-refractivity contribution is -0.114. The van der Waals surface area contributed by atoms with Gasteiger partial charge in [-0.05, 0) is 49.0 Å². The summed E-state index contributed by atoms with van der Waals surface area (Å²) in [6, 6.07) is 9.28. The van der Waals surface area contributed by atoms with Gasteiger partial charge < -0.3 is 23.8 Å². The number of anilines is 1. The van der Waals surface area contributed by atoms with Gasteiger partial charge in [-0.25, -0.2) is 4.98 Å². The summed E-state index contributed by atoms with van der Waals surface area (Å²) in [4.78, 5) is 22.2. The van der Waals surface area contributed by atoms with Crippen LogP contribution in [0.5, 0.6) is 23.0 Å². The predicted molar refractivity (Wildman–Crippen MR) is 142 cm³/mol. The van der Waals surface area contributed by atoms with Crippen LogP contribution in [-0.2, 0) is 4.79 Å². The van der Waals surface area contributed by atoms with Gasteiger partial charge in [-0.15, -0.1) is 12.4 Å². The van der Waals surface area contributed by atoms with E-state index in [1.165, 1.54) is 11.3 Å². The number of likely N-dealkylation sites (N-methyl/N-ethyl adjacent to an activating group) is 1. The number of rotatable bonds is 10. The summed E-state index contributed by atoms with van der Waals surface area (Å²) < 4.78 is 22.7. The highest BCUT2D eigenvalue weighted by Gasteiger charge is 2.22. The van der Waals surface area contributed by atoms with Crippen molar-refractivity contribution < 1.29 is 23.7 Å². The first-order chi connectivity index (χ1) is 16.6. The third kappa shape index (κ3) is 5.80. The predicted octanol–water partition coefficient (Wildman–Crippen LogP) is 4.85. The van der Waals surface area contributed by atoms with Crippen LogP contribution in [0.3, 0.4) is 0 Å². The molecule has 8 nitrogen and oxygen atoms in total. The van der Waals surface area contributed by atoms with E-state index < -0.39 is 0 Å². The summed E-state index contributed by atoms with van der Waals surface area (Å²) in [5.41, 5.74) is 1.54. The molecule has 1 aliphatic rings. The maximum Gasteiger partial charge on any atom is 0.252 e. The Labute approximate surface area is 215 Å². The number of fused-ring (bicyclic) bond motifs is 2. The standard InChI is InChI=1S/C25H29N3O5S.ClH/c1-5-27(6-2)13-14-28(22(29)12-8-17-7-9-18-21(15-17)33-16-32-18)25-26-23-19(30-3)10-11-20(31-4)24(23)34-25;/h7-12,15H,5-6,13-14,16H2,1-4H3;1H. The molecule has 0 saturated heterocycles. The van der Waals surface area contributed by atoms with E-state index >= 15 is 0 Å². The fraction of sp³-hybridized carbons (Fsp3) is 0.360. The lowest BCUT2D eigenvalue weighted by Crippen LogP contribution is -2.38. The van der Waals surface area contributed by atoms with Gasteiger partial charge in [-0.3, -0.25) is 9.69 Å². The van der Waals surface area contributed by atoms with Gasteiger partial charge in [0.1, 0.15) is 21.7 Å². The molecule has 2 aromatic carbocycles. The average molecular weight is 520 g/mol. The van der Waals surface area contributed by atoms with Crippen molar-refractivity contribution in [2.45, 2.75) is 13.8 Å². The number of halogens is 1. The molecule has 35 heavy (non-hydrogen) atoms. The molecule has 0 aliphatic carbocycles. The Bertz CT molecular complexity index is 1150. The fourth-order valence-corrected chi connectivity index (χ4v) is 4.85. The highest BCUT2D eigenvalue weighted by Crippen LogP contribution is 2.40. The lowest BCUT2D eigenvalue weighted by atomic mass is 10.2. The summed E-state index contributed by atoms with van der Waals surface area (Å²) in [5.74, 6) is 2.58. The zero-order valence-corrected chi connectivity index (χ0v) is 21.9. The van der Waals surface area contributed by atoms with Crippen molar-refractivity contribution in [1.29, 1.82) is 0 Å². The van der Waals surface area contributed by atoms with Crippen LogP contribution in [0.1, 0.15) is 19.4 Å². The second-order valence-electron chi connectivity index (χ2n) is 7.61. The Kier molecular flexibility index (Phi) is 9.20. The third-order valence-corrected chi connectivity index (χ3v) is 6.84. The molecule has 0 saturated carbocycles. The molecule has 1 aromatic heterocycles. The molecule has 0 radical (unpaired) electrons. The number of hydrogen-bond acceptors (Lipinski definition) is 8. The molecule has 10 heteroatoms. The third-order valence-electron chi connectivity index (χ3n) is 5.75. The number of nitrogens with zero attached hydrogens (tertiary/aromatic N) is 3. The summed E-state index contributed by atoms with van der Waals surface area (Å²) in [5, 5.41) is 0.602. The van der Waals surface area contributed by atoms with Crippen molar-refractivity contribution in [2.24, 2.45) is 0 Å². The van der Waals surface area contributed by atoms with E-state index in [4.69, 9.17) is 23.9 Å². The Morgan fingerprint density at radius 1 is 1.06 bits per heavy atom. The van der Waals surface area contributed by atoms with Crippen LogP contribution in [-0.4, -0.2) is 63.0 Å². The molecular weight excluding hydrogens is 490 g/mol. The number of benzene rings is 2. The van der Waals surface area contributed by atoms with Crippen LogP contribution < -0.4 is 23.8 Å². The van der Waals surface area contributed by atoms with E-state index in [9.17, 15) is 4.79 Å². The fourth-order valence-electron chi connectivity index (χ4n) is 3.75. The molecule has 1 aliphatic heterocycles. The first-order valence-corrected chi connectivity index (χ1v) is 12.0. The van der Waals surface area contributed by atoms with Gasteiger partial charge >= 0.3 is 0 Å². The number of methoxy groups -OCH3 is 2. The second kappa shape index (κ2) is 12.1. The highest BCUT2D eigenvalue weighted by atomic mass is 35.5.